The summed E-state index contributed by atoms with van der Waals surface area (Å²) in [6, 6.07) is 18.7. The number of alkyl carbamates (subject to hydrolysis) is 2. The number of hydrogen-bond acceptors (Lipinski definition) is 9. The first-order valence-corrected chi connectivity index (χ1v) is 20.5. The lowest BCUT2D eigenvalue weighted by molar-refractivity contribution is -0.136. The standard InChI is InChI=1S/C45H53N9O6/c1-26(2)38(51-44(57)59-5)42(55)53-21-7-9-36(53)40-47-24-34(49-40)31-17-13-29(14-18-31)28-11-15-30(16-12-28)33-20-19-32(23-46-33)35-25-48-41(50-35)37-10-8-22-54(37)43(56)39(27(3)4)52-45(58)60-6/h11-20,23-27,36-39H,7-10,21-22H2,1-6H3,(H,47,49)(H,48,50)(H,51,57)(H,52,58)/t36-,37-,38-,39-/m0/s1. The van der Waals surface area contributed by atoms with Gasteiger partial charge in [-0.1, -0.05) is 76.2 Å². The molecule has 7 rings (SSSR count). The third-order valence-corrected chi connectivity index (χ3v) is 11.5. The predicted molar refractivity (Wildman–Crippen MR) is 226 cm³/mol. The molecule has 3 aromatic heterocycles. The average molecular weight is 816 g/mol. The molecule has 4 amide bonds. The Balaban J connectivity index is 0.978. The molecule has 4 N–H and O–H groups in total. The molecule has 0 bridgehead atoms. The summed E-state index contributed by atoms with van der Waals surface area (Å²) in [4.78, 5) is 75.5. The first-order valence-electron chi connectivity index (χ1n) is 20.5. The molecular formula is C45H53N9O6. The molecule has 0 saturated carbocycles. The second-order valence-electron chi connectivity index (χ2n) is 16.0. The summed E-state index contributed by atoms with van der Waals surface area (Å²) >= 11 is 0. The lowest BCUT2D eigenvalue weighted by Gasteiger charge is -2.30. The van der Waals surface area contributed by atoms with Crippen molar-refractivity contribution in [1.82, 2.24) is 45.4 Å². The van der Waals surface area contributed by atoms with Gasteiger partial charge in [-0.3, -0.25) is 14.6 Å². The van der Waals surface area contributed by atoms with Crippen LogP contribution in [0.5, 0.6) is 0 Å². The van der Waals surface area contributed by atoms with Crippen molar-refractivity contribution in [3.63, 3.8) is 0 Å². The maximum absolute atomic E-state index is 13.5. The van der Waals surface area contributed by atoms with Gasteiger partial charge in [0.25, 0.3) is 0 Å². The third kappa shape index (κ3) is 8.89. The van der Waals surface area contributed by atoms with Crippen molar-refractivity contribution in [2.24, 2.45) is 11.8 Å². The number of aromatic nitrogens is 5. The summed E-state index contributed by atoms with van der Waals surface area (Å²) in [6.45, 7) is 8.78. The van der Waals surface area contributed by atoms with Crippen molar-refractivity contribution in [2.75, 3.05) is 27.3 Å². The number of ether oxygens (including phenoxy) is 2. The highest BCUT2D eigenvalue weighted by Gasteiger charge is 2.39. The Hall–Kier alpha value is -6.51. The van der Waals surface area contributed by atoms with E-state index >= 15 is 0 Å². The highest BCUT2D eigenvalue weighted by molar-refractivity contribution is 5.87. The number of carbonyl (C=O) groups is 4. The summed E-state index contributed by atoms with van der Waals surface area (Å²) in [5.74, 6) is 0.927. The number of nitrogens with zero attached hydrogens (tertiary/aromatic N) is 5. The van der Waals surface area contributed by atoms with E-state index in [4.69, 9.17) is 14.5 Å². The van der Waals surface area contributed by atoms with Crippen molar-refractivity contribution in [2.45, 2.75) is 77.5 Å². The quantitative estimate of drug-likeness (QED) is 0.100. The van der Waals surface area contributed by atoms with Crippen molar-refractivity contribution >= 4 is 24.0 Å². The number of benzene rings is 2. The number of imidazole rings is 2. The van der Waals surface area contributed by atoms with Crippen LogP contribution in [0, 0.1) is 11.8 Å². The molecule has 2 aromatic carbocycles. The number of hydrogen-bond donors (Lipinski definition) is 4. The molecule has 0 spiro atoms. The van der Waals surface area contributed by atoms with Crippen LogP contribution in [0.2, 0.25) is 0 Å². The zero-order valence-electron chi connectivity index (χ0n) is 34.9. The lowest BCUT2D eigenvalue weighted by atomic mass is 10.0. The zero-order chi connectivity index (χ0) is 42.5. The van der Waals surface area contributed by atoms with Gasteiger partial charge in [-0.05, 0) is 66.3 Å². The highest BCUT2D eigenvalue weighted by atomic mass is 16.5. The monoisotopic (exact) mass is 815 g/mol. The van der Waals surface area contributed by atoms with E-state index in [2.05, 4.69) is 79.1 Å². The van der Waals surface area contributed by atoms with Crippen LogP contribution < -0.4 is 10.6 Å². The van der Waals surface area contributed by atoms with Crippen molar-refractivity contribution in [3.05, 3.63) is 90.9 Å². The first-order chi connectivity index (χ1) is 28.9. The smallest absolute Gasteiger partial charge is 0.407 e. The molecule has 5 aromatic rings. The number of methoxy groups -OCH3 is 2. The summed E-state index contributed by atoms with van der Waals surface area (Å²) in [7, 11) is 2.58. The molecule has 2 saturated heterocycles. The van der Waals surface area contributed by atoms with Crippen LogP contribution in [0.3, 0.4) is 0 Å². The largest absolute Gasteiger partial charge is 0.453 e. The minimum atomic E-state index is -0.694. The number of nitrogens with one attached hydrogen (secondary N) is 4. The molecule has 60 heavy (non-hydrogen) atoms. The number of H-pyrrole nitrogens is 2. The average Bonchev–Trinajstić information content (AvgIpc) is 4.11. The molecule has 15 nitrogen and oxygen atoms in total. The molecule has 0 radical (unpaired) electrons. The molecule has 2 fully saturated rings. The topological polar surface area (TPSA) is 188 Å². The van der Waals surface area contributed by atoms with E-state index in [0.29, 0.717) is 18.9 Å². The summed E-state index contributed by atoms with van der Waals surface area (Å²) in [6.07, 6.45) is 7.39. The predicted octanol–water partition coefficient (Wildman–Crippen LogP) is 7.28. The fourth-order valence-corrected chi connectivity index (χ4v) is 8.09. The number of carbonyl (C=O) groups excluding carboxylic acids is 4. The number of rotatable bonds is 12. The van der Waals surface area contributed by atoms with Crippen LogP contribution in [0.15, 0.2) is 79.3 Å². The number of likely N-dealkylation sites (tertiary alicyclic amines) is 2. The summed E-state index contributed by atoms with van der Waals surface area (Å²) in [5.41, 5.74) is 7.48. The zero-order valence-corrected chi connectivity index (χ0v) is 34.9. The van der Waals surface area contributed by atoms with Crippen LogP contribution in [-0.2, 0) is 19.1 Å². The number of amides is 4. The second-order valence-corrected chi connectivity index (χ2v) is 16.0. The van der Waals surface area contributed by atoms with Gasteiger partial charge in [-0.15, -0.1) is 0 Å². The fraction of sp³-hybridized carbons (Fsp3) is 0.400. The van der Waals surface area contributed by atoms with E-state index in [1.54, 1.807) is 17.3 Å². The minimum Gasteiger partial charge on any atom is -0.453 e. The Morgan fingerprint density at radius 1 is 0.583 bits per heavy atom. The van der Waals surface area contributed by atoms with Gasteiger partial charge in [-0.25, -0.2) is 19.6 Å². The normalized spacial score (nSPS) is 17.5. The molecule has 4 atom stereocenters. The molecule has 2 aliphatic heterocycles. The van der Waals surface area contributed by atoms with E-state index in [-0.39, 0.29) is 35.7 Å². The Morgan fingerprint density at radius 2 is 1.00 bits per heavy atom. The van der Waals surface area contributed by atoms with Crippen molar-refractivity contribution in [3.8, 4) is 44.9 Å². The Morgan fingerprint density at radius 3 is 1.42 bits per heavy atom. The maximum atomic E-state index is 13.5. The van der Waals surface area contributed by atoms with Crippen LogP contribution in [0.1, 0.15) is 77.1 Å². The van der Waals surface area contributed by atoms with Crippen LogP contribution in [0.4, 0.5) is 9.59 Å². The van der Waals surface area contributed by atoms with Gasteiger partial charge in [0, 0.05) is 30.4 Å². The summed E-state index contributed by atoms with van der Waals surface area (Å²) < 4.78 is 9.51. The minimum absolute atomic E-state index is 0.105. The highest BCUT2D eigenvalue weighted by Crippen LogP contribution is 2.35. The van der Waals surface area contributed by atoms with E-state index in [1.807, 2.05) is 50.9 Å². The number of aromatic amines is 2. The molecule has 15 heteroatoms. The molecule has 5 heterocycles. The first kappa shape index (κ1) is 41.6. The van der Waals surface area contributed by atoms with Gasteiger partial charge in [0.1, 0.15) is 23.7 Å². The molecule has 2 aliphatic rings. The number of pyridine rings is 1. The Kier molecular flexibility index (Phi) is 12.6. The third-order valence-electron chi connectivity index (χ3n) is 11.5. The van der Waals surface area contributed by atoms with Crippen molar-refractivity contribution < 1.29 is 28.7 Å². The molecule has 0 unspecified atom stereocenters. The SMILES string of the molecule is COC(=O)N[C@H](C(=O)N1CCC[C@H]1c1ncc(-c2ccc(-c3ccc(-c4ccc(-c5cnc([C@@H]6CCCN6C(=O)[C@@H](NC(=O)OC)C(C)C)[nH]5)cn4)cc3)cc2)[nH]1)C(C)C. The van der Waals surface area contributed by atoms with Gasteiger partial charge in [-0.2, -0.15) is 0 Å². The van der Waals surface area contributed by atoms with E-state index in [9.17, 15) is 19.2 Å². The van der Waals surface area contributed by atoms with Crippen molar-refractivity contribution in [1.29, 1.82) is 0 Å². The van der Waals surface area contributed by atoms with E-state index < -0.39 is 24.3 Å². The lowest BCUT2D eigenvalue weighted by Crippen LogP contribution is -2.51. The van der Waals surface area contributed by atoms with Gasteiger partial charge in [0.15, 0.2) is 0 Å². The summed E-state index contributed by atoms with van der Waals surface area (Å²) in [5, 5.41) is 5.39. The molecule has 314 valence electrons. The fourth-order valence-electron chi connectivity index (χ4n) is 8.09. The molecular weight excluding hydrogens is 763 g/mol. The molecule has 0 aliphatic carbocycles. The second kappa shape index (κ2) is 18.2. The Bertz CT molecular complexity index is 2120. The van der Waals surface area contributed by atoms with Gasteiger partial charge in [0.05, 0.1) is 55.8 Å². The van der Waals surface area contributed by atoms with Crippen LogP contribution in [0.25, 0.3) is 44.9 Å². The van der Waals surface area contributed by atoms with Crippen LogP contribution in [-0.4, -0.2) is 98.1 Å². The van der Waals surface area contributed by atoms with Crippen LogP contribution >= 0.6 is 0 Å². The van der Waals surface area contributed by atoms with Gasteiger partial charge >= 0.3 is 12.2 Å². The van der Waals surface area contributed by atoms with E-state index in [0.717, 1.165) is 76.4 Å². The van der Waals surface area contributed by atoms with E-state index in [1.165, 1.54) is 14.2 Å². The Labute approximate surface area is 349 Å². The van der Waals surface area contributed by atoms with Gasteiger partial charge in [0.2, 0.25) is 11.8 Å². The maximum Gasteiger partial charge on any atom is 0.407 e. The van der Waals surface area contributed by atoms with Gasteiger partial charge < -0.3 is 39.9 Å².